The first-order valence-electron chi connectivity index (χ1n) is 6.66. The number of amides is 1. The van der Waals surface area contributed by atoms with E-state index >= 15 is 0 Å². The van der Waals surface area contributed by atoms with Crippen molar-refractivity contribution in [2.75, 3.05) is 17.7 Å². The monoisotopic (exact) mass is 362 g/mol. The van der Waals surface area contributed by atoms with Crippen molar-refractivity contribution in [3.63, 3.8) is 0 Å². The number of carbonyl (C=O) groups is 1. The summed E-state index contributed by atoms with van der Waals surface area (Å²) < 4.78 is 5.03. The van der Waals surface area contributed by atoms with Crippen molar-refractivity contribution in [3.05, 3.63) is 58.3 Å². The summed E-state index contributed by atoms with van der Waals surface area (Å²) in [5.74, 6) is 0.355. The van der Waals surface area contributed by atoms with Crippen LogP contribution in [0.1, 0.15) is 0 Å². The number of nitriles is 1. The van der Waals surface area contributed by atoms with Crippen molar-refractivity contribution < 1.29 is 9.53 Å². The molecule has 0 radical (unpaired) electrons. The molecule has 1 heterocycles. The predicted molar refractivity (Wildman–Crippen MR) is 93.2 cm³/mol. The van der Waals surface area contributed by atoms with Crippen molar-refractivity contribution in [2.45, 2.75) is 0 Å². The molecule has 0 spiro atoms. The second-order valence-electron chi connectivity index (χ2n) is 4.48. The average Bonchev–Trinajstić information content (AvgIpc) is 2.57. The van der Waals surface area contributed by atoms with Gasteiger partial charge in [-0.25, -0.2) is 4.98 Å². The Balaban J connectivity index is 2.08. The molecule has 0 saturated heterocycles. The Hall–Kier alpha value is -2.75. The maximum absolute atomic E-state index is 12.1. The Labute approximate surface area is 148 Å². The number of anilines is 2. The maximum Gasteiger partial charge on any atom is 0.267 e. The summed E-state index contributed by atoms with van der Waals surface area (Å²) in [6, 6.07) is 9.83. The van der Waals surface area contributed by atoms with Gasteiger partial charge in [0, 0.05) is 18.1 Å². The van der Waals surface area contributed by atoms with Gasteiger partial charge in [-0.2, -0.15) is 5.26 Å². The van der Waals surface area contributed by atoms with Gasteiger partial charge in [-0.3, -0.25) is 4.79 Å². The van der Waals surface area contributed by atoms with Crippen molar-refractivity contribution in [3.8, 4) is 11.8 Å². The average molecular weight is 363 g/mol. The molecule has 0 saturated carbocycles. The van der Waals surface area contributed by atoms with Crippen LogP contribution in [0.4, 0.5) is 11.5 Å². The summed E-state index contributed by atoms with van der Waals surface area (Å²) >= 11 is 11.7. The molecule has 0 atom stereocenters. The number of pyridine rings is 1. The summed E-state index contributed by atoms with van der Waals surface area (Å²) in [7, 11) is 1.49. The van der Waals surface area contributed by atoms with Crippen LogP contribution in [-0.2, 0) is 4.79 Å². The molecule has 0 bridgehead atoms. The summed E-state index contributed by atoms with van der Waals surface area (Å²) in [5.41, 5.74) is 0.315. The molecule has 122 valence electrons. The van der Waals surface area contributed by atoms with E-state index in [4.69, 9.17) is 33.2 Å². The number of nitrogens with one attached hydrogen (secondary N) is 2. The Kier molecular flexibility index (Phi) is 6.01. The van der Waals surface area contributed by atoms with Crippen LogP contribution < -0.4 is 15.4 Å². The van der Waals surface area contributed by atoms with Gasteiger partial charge >= 0.3 is 0 Å². The van der Waals surface area contributed by atoms with Crippen LogP contribution in [-0.4, -0.2) is 18.0 Å². The third-order valence-corrected chi connectivity index (χ3v) is 3.39. The first-order chi connectivity index (χ1) is 11.5. The number of benzene rings is 1. The lowest BCUT2D eigenvalue weighted by Gasteiger charge is -2.07. The predicted octanol–water partition coefficient (Wildman–Crippen LogP) is 3.86. The van der Waals surface area contributed by atoms with Gasteiger partial charge in [0.2, 0.25) is 0 Å². The van der Waals surface area contributed by atoms with Crippen molar-refractivity contribution in [1.29, 1.82) is 5.26 Å². The minimum atomic E-state index is -0.583. The van der Waals surface area contributed by atoms with Crippen LogP contribution in [0.15, 0.2) is 48.3 Å². The first kappa shape index (κ1) is 17.6. The number of hydrogen-bond donors (Lipinski definition) is 2. The van der Waals surface area contributed by atoms with E-state index in [0.717, 1.165) is 0 Å². The van der Waals surface area contributed by atoms with E-state index in [1.165, 1.54) is 25.6 Å². The summed E-state index contributed by atoms with van der Waals surface area (Å²) in [6.07, 6.45) is 2.71. The molecule has 24 heavy (non-hydrogen) atoms. The highest BCUT2D eigenvalue weighted by Gasteiger charge is 2.11. The van der Waals surface area contributed by atoms with Gasteiger partial charge in [0.05, 0.1) is 17.2 Å². The van der Waals surface area contributed by atoms with Crippen LogP contribution in [0.3, 0.4) is 0 Å². The lowest BCUT2D eigenvalue weighted by molar-refractivity contribution is -0.112. The SMILES string of the molecule is COc1ccc(NC(=O)/C(C#N)=C\Nc2ccc(Cl)cn2)cc1Cl. The third-order valence-electron chi connectivity index (χ3n) is 2.87. The van der Waals surface area contributed by atoms with Gasteiger partial charge in [-0.1, -0.05) is 23.2 Å². The van der Waals surface area contributed by atoms with E-state index in [9.17, 15) is 4.79 Å². The zero-order chi connectivity index (χ0) is 17.5. The maximum atomic E-state index is 12.1. The molecule has 2 N–H and O–H groups in total. The molecule has 0 aliphatic carbocycles. The topological polar surface area (TPSA) is 87.0 Å². The fourth-order valence-corrected chi connectivity index (χ4v) is 2.07. The molecule has 1 aromatic carbocycles. The molecular weight excluding hydrogens is 351 g/mol. The molecule has 0 aliphatic rings. The highest BCUT2D eigenvalue weighted by molar-refractivity contribution is 6.32. The number of ether oxygens (including phenoxy) is 1. The van der Waals surface area contributed by atoms with Gasteiger partial charge < -0.3 is 15.4 Å². The minimum Gasteiger partial charge on any atom is -0.495 e. The Morgan fingerprint density at radius 1 is 1.33 bits per heavy atom. The lowest BCUT2D eigenvalue weighted by atomic mass is 10.2. The van der Waals surface area contributed by atoms with E-state index in [1.807, 2.05) is 6.07 Å². The van der Waals surface area contributed by atoms with Gasteiger partial charge in [0.15, 0.2) is 0 Å². The standard InChI is InChI=1S/C16H12Cl2N4O2/c1-24-14-4-3-12(6-13(14)18)22-16(23)10(7-19)8-20-15-5-2-11(17)9-21-15/h2-6,8-9H,1H3,(H,20,21)(H,22,23)/b10-8-. The normalized spacial score (nSPS) is 10.7. The van der Waals surface area contributed by atoms with Crippen LogP contribution in [0.25, 0.3) is 0 Å². The molecule has 0 aliphatic heterocycles. The van der Waals surface area contributed by atoms with Crippen molar-refractivity contribution >= 4 is 40.6 Å². The first-order valence-corrected chi connectivity index (χ1v) is 7.42. The number of nitrogens with zero attached hydrogens (tertiary/aromatic N) is 2. The fourth-order valence-electron chi connectivity index (χ4n) is 1.70. The van der Waals surface area contributed by atoms with Gasteiger partial charge in [-0.15, -0.1) is 0 Å². The lowest BCUT2D eigenvalue weighted by Crippen LogP contribution is -2.14. The van der Waals surface area contributed by atoms with Crippen LogP contribution in [0.2, 0.25) is 10.0 Å². The summed E-state index contributed by atoms with van der Waals surface area (Å²) in [6.45, 7) is 0. The van der Waals surface area contributed by atoms with E-state index < -0.39 is 5.91 Å². The molecule has 2 rings (SSSR count). The number of carbonyl (C=O) groups excluding carboxylic acids is 1. The van der Waals surface area contributed by atoms with Crippen LogP contribution in [0.5, 0.6) is 5.75 Å². The molecular formula is C16H12Cl2N4O2. The number of methoxy groups -OCH3 is 1. The zero-order valence-electron chi connectivity index (χ0n) is 12.5. The summed E-state index contributed by atoms with van der Waals surface area (Å²) in [4.78, 5) is 16.1. The van der Waals surface area contributed by atoms with Gasteiger partial charge in [0.1, 0.15) is 23.2 Å². The molecule has 0 unspecified atom stereocenters. The molecule has 8 heteroatoms. The van der Waals surface area contributed by atoms with E-state index in [2.05, 4.69) is 15.6 Å². The smallest absolute Gasteiger partial charge is 0.267 e. The number of hydrogen-bond acceptors (Lipinski definition) is 5. The second-order valence-corrected chi connectivity index (χ2v) is 5.32. The van der Waals surface area contributed by atoms with Crippen LogP contribution >= 0.6 is 23.2 Å². The summed E-state index contributed by atoms with van der Waals surface area (Å²) in [5, 5.41) is 15.3. The van der Waals surface area contributed by atoms with Crippen LogP contribution in [0, 0.1) is 11.3 Å². The molecule has 2 aromatic rings. The Morgan fingerprint density at radius 3 is 2.71 bits per heavy atom. The van der Waals surface area contributed by atoms with Crippen molar-refractivity contribution in [2.24, 2.45) is 0 Å². The number of rotatable bonds is 5. The molecule has 1 amide bonds. The minimum absolute atomic E-state index is 0.126. The number of halogens is 2. The third kappa shape index (κ3) is 4.62. The molecule has 0 fully saturated rings. The largest absolute Gasteiger partial charge is 0.495 e. The van der Waals surface area contributed by atoms with Gasteiger partial charge in [-0.05, 0) is 30.3 Å². The quantitative estimate of drug-likeness (QED) is 0.622. The highest BCUT2D eigenvalue weighted by atomic mass is 35.5. The van der Waals surface area contributed by atoms with Gasteiger partial charge in [0.25, 0.3) is 5.91 Å². The second kappa shape index (κ2) is 8.20. The van der Waals surface area contributed by atoms with E-state index in [1.54, 1.807) is 24.3 Å². The fraction of sp³-hybridized carbons (Fsp3) is 0.0625. The van der Waals surface area contributed by atoms with E-state index in [-0.39, 0.29) is 5.57 Å². The number of aromatic nitrogens is 1. The highest BCUT2D eigenvalue weighted by Crippen LogP contribution is 2.27. The van der Waals surface area contributed by atoms with E-state index in [0.29, 0.717) is 27.3 Å². The Morgan fingerprint density at radius 2 is 2.12 bits per heavy atom. The van der Waals surface area contributed by atoms with Crippen molar-refractivity contribution in [1.82, 2.24) is 4.98 Å². The Bertz CT molecular complexity index is 814. The molecule has 6 nitrogen and oxygen atoms in total. The zero-order valence-corrected chi connectivity index (χ0v) is 14.0. The molecule has 1 aromatic heterocycles.